The molecule has 10 heteroatoms. The summed E-state index contributed by atoms with van der Waals surface area (Å²) >= 11 is 0. The van der Waals surface area contributed by atoms with Gasteiger partial charge in [-0.1, -0.05) is 23.4 Å². The van der Waals surface area contributed by atoms with Crippen LogP contribution < -0.4 is 10.1 Å². The minimum Gasteiger partial charge on any atom is -0.494 e. The molecule has 0 amide bonds. The molecule has 1 aromatic heterocycles. The van der Waals surface area contributed by atoms with Gasteiger partial charge in [0.15, 0.2) is 5.96 Å². The molecule has 1 aliphatic rings. The highest BCUT2D eigenvalue weighted by Crippen LogP contribution is 2.13. The van der Waals surface area contributed by atoms with Gasteiger partial charge in [0, 0.05) is 51.8 Å². The number of guanidine groups is 1. The summed E-state index contributed by atoms with van der Waals surface area (Å²) in [5.41, 5.74) is 0.421. The molecular formula is C20H29N5O4S. The molecule has 3 rings (SSSR count). The quantitative estimate of drug-likeness (QED) is 0.362. The molecule has 0 unspecified atom stereocenters. The Kier molecular flexibility index (Phi) is 8.09. The Morgan fingerprint density at radius 2 is 1.97 bits per heavy atom. The first-order valence-electron chi connectivity index (χ1n) is 10.2. The molecule has 0 spiro atoms. The second-order valence-corrected chi connectivity index (χ2v) is 8.85. The van der Waals surface area contributed by atoms with Crippen LogP contribution in [0.3, 0.4) is 0 Å². The van der Waals surface area contributed by atoms with E-state index in [2.05, 4.69) is 20.4 Å². The molecule has 9 nitrogen and oxygen atoms in total. The first kappa shape index (κ1) is 22.1. The Morgan fingerprint density at radius 3 is 2.63 bits per heavy atom. The number of nitrogens with zero attached hydrogens (tertiary/aromatic N) is 4. The van der Waals surface area contributed by atoms with Crippen molar-refractivity contribution >= 4 is 16.0 Å². The molecule has 1 N–H and O–H groups in total. The summed E-state index contributed by atoms with van der Waals surface area (Å²) in [7, 11) is -3.41. The second kappa shape index (κ2) is 11.0. The third-order valence-corrected chi connectivity index (χ3v) is 6.48. The van der Waals surface area contributed by atoms with E-state index in [1.54, 1.807) is 6.07 Å². The van der Waals surface area contributed by atoms with Crippen LogP contribution in [0.2, 0.25) is 0 Å². The van der Waals surface area contributed by atoms with Gasteiger partial charge in [-0.3, -0.25) is 4.99 Å². The van der Waals surface area contributed by atoms with Gasteiger partial charge in [0.1, 0.15) is 17.8 Å². The lowest BCUT2D eigenvalue weighted by Crippen LogP contribution is -2.53. The van der Waals surface area contributed by atoms with Crippen molar-refractivity contribution in [3.63, 3.8) is 0 Å². The van der Waals surface area contributed by atoms with Crippen LogP contribution in [0, 0.1) is 0 Å². The van der Waals surface area contributed by atoms with Crippen LogP contribution in [-0.2, 0) is 15.8 Å². The lowest BCUT2D eigenvalue weighted by Gasteiger charge is -2.35. The minimum absolute atomic E-state index is 0.140. The zero-order chi connectivity index (χ0) is 21.2. The van der Waals surface area contributed by atoms with E-state index in [9.17, 15) is 8.42 Å². The lowest BCUT2D eigenvalue weighted by molar-refractivity contribution is 0.259. The standard InChI is InChI=1S/C20H29N5O4S/c1-2-21-20(22-10-6-15-28-19-7-4-3-5-8-19)24-11-13-25(14-12-24)30(26,27)17-18-9-16-29-23-18/h3-5,7-9,16H,2,6,10-15,17H2,1H3,(H,21,22). The van der Waals surface area contributed by atoms with Crippen molar-refractivity contribution in [2.75, 3.05) is 45.9 Å². The van der Waals surface area contributed by atoms with Crippen LogP contribution in [0.4, 0.5) is 0 Å². The second-order valence-electron chi connectivity index (χ2n) is 6.88. The number of hydrogen-bond acceptors (Lipinski definition) is 6. The van der Waals surface area contributed by atoms with Crippen LogP contribution in [-0.4, -0.2) is 74.6 Å². The van der Waals surface area contributed by atoms with E-state index < -0.39 is 10.0 Å². The number of benzene rings is 1. The van der Waals surface area contributed by atoms with Gasteiger partial charge in [-0.25, -0.2) is 8.42 Å². The largest absolute Gasteiger partial charge is 0.494 e. The Bertz CT molecular complexity index is 879. The van der Waals surface area contributed by atoms with Crippen molar-refractivity contribution in [2.24, 2.45) is 4.99 Å². The van der Waals surface area contributed by atoms with E-state index in [-0.39, 0.29) is 5.75 Å². The summed E-state index contributed by atoms with van der Waals surface area (Å²) < 4.78 is 37.1. The summed E-state index contributed by atoms with van der Waals surface area (Å²) in [6, 6.07) is 11.3. The fourth-order valence-corrected chi connectivity index (χ4v) is 4.58. The first-order chi connectivity index (χ1) is 14.6. The SMILES string of the molecule is CCNC(=NCCCOc1ccccc1)N1CCN(S(=O)(=O)Cc2ccon2)CC1. The van der Waals surface area contributed by atoms with E-state index >= 15 is 0 Å². The number of sulfonamides is 1. The van der Waals surface area contributed by atoms with E-state index in [4.69, 9.17) is 9.26 Å². The summed E-state index contributed by atoms with van der Waals surface area (Å²) in [6.07, 6.45) is 2.18. The Labute approximate surface area is 177 Å². The van der Waals surface area contributed by atoms with Crippen molar-refractivity contribution in [3.05, 3.63) is 48.4 Å². The predicted molar refractivity (Wildman–Crippen MR) is 115 cm³/mol. The molecule has 30 heavy (non-hydrogen) atoms. The van der Waals surface area contributed by atoms with Crippen molar-refractivity contribution < 1.29 is 17.7 Å². The Balaban J connectivity index is 1.46. The molecule has 0 atom stereocenters. The maximum atomic E-state index is 12.6. The van der Waals surface area contributed by atoms with Gasteiger partial charge in [-0.15, -0.1) is 0 Å². The maximum absolute atomic E-state index is 12.6. The molecule has 0 radical (unpaired) electrons. The number of piperazine rings is 1. The number of nitrogens with one attached hydrogen (secondary N) is 1. The van der Waals surface area contributed by atoms with E-state index in [0.717, 1.165) is 24.7 Å². The topological polar surface area (TPSA) is 100 Å². The third kappa shape index (κ3) is 6.46. The van der Waals surface area contributed by atoms with Gasteiger partial charge >= 0.3 is 0 Å². The minimum atomic E-state index is -3.41. The molecule has 2 heterocycles. The molecule has 1 aromatic carbocycles. The zero-order valence-electron chi connectivity index (χ0n) is 17.2. The fourth-order valence-electron chi connectivity index (χ4n) is 3.15. The van der Waals surface area contributed by atoms with Gasteiger partial charge in [-0.05, 0) is 19.1 Å². The van der Waals surface area contributed by atoms with E-state index in [1.165, 1.54) is 10.6 Å². The molecule has 0 saturated carbocycles. The monoisotopic (exact) mass is 435 g/mol. The molecule has 164 valence electrons. The molecular weight excluding hydrogens is 406 g/mol. The molecule has 1 fully saturated rings. The molecule has 0 bridgehead atoms. The number of rotatable bonds is 9. The zero-order valence-corrected chi connectivity index (χ0v) is 18.1. The predicted octanol–water partition coefficient (Wildman–Crippen LogP) is 1.56. The Morgan fingerprint density at radius 1 is 1.20 bits per heavy atom. The summed E-state index contributed by atoms with van der Waals surface area (Å²) in [6.45, 7) is 6.02. The van der Waals surface area contributed by atoms with Gasteiger partial charge in [0.05, 0.1) is 12.3 Å². The lowest BCUT2D eigenvalue weighted by atomic mass is 10.3. The van der Waals surface area contributed by atoms with Crippen LogP contribution >= 0.6 is 0 Å². The van der Waals surface area contributed by atoms with E-state index in [0.29, 0.717) is 45.0 Å². The third-order valence-electron chi connectivity index (χ3n) is 4.66. The highest BCUT2D eigenvalue weighted by Gasteiger charge is 2.28. The molecule has 0 aliphatic carbocycles. The first-order valence-corrected chi connectivity index (χ1v) is 11.8. The number of aliphatic imine (C=N–C) groups is 1. The van der Waals surface area contributed by atoms with Gasteiger partial charge in [0.2, 0.25) is 10.0 Å². The van der Waals surface area contributed by atoms with Crippen molar-refractivity contribution in [3.8, 4) is 5.75 Å². The van der Waals surface area contributed by atoms with Crippen LogP contribution in [0.5, 0.6) is 5.75 Å². The smallest absolute Gasteiger partial charge is 0.220 e. The van der Waals surface area contributed by atoms with Gasteiger partial charge in [-0.2, -0.15) is 4.31 Å². The van der Waals surface area contributed by atoms with Gasteiger partial charge < -0.3 is 19.5 Å². The number of hydrogen-bond donors (Lipinski definition) is 1. The van der Waals surface area contributed by atoms with Gasteiger partial charge in [0.25, 0.3) is 0 Å². The highest BCUT2D eigenvalue weighted by molar-refractivity contribution is 7.88. The van der Waals surface area contributed by atoms with Crippen LogP contribution in [0.25, 0.3) is 0 Å². The Hall–Kier alpha value is -2.59. The highest BCUT2D eigenvalue weighted by atomic mass is 32.2. The summed E-state index contributed by atoms with van der Waals surface area (Å²) in [5, 5.41) is 7.00. The number of para-hydroxylation sites is 1. The number of ether oxygens (including phenoxy) is 1. The molecule has 1 aliphatic heterocycles. The van der Waals surface area contributed by atoms with Crippen molar-refractivity contribution in [2.45, 2.75) is 19.1 Å². The van der Waals surface area contributed by atoms with Crippen molar-refractivity contribution in [1.29, 1.82) is 0 Å². The molecule has 2 aromatic rings. The molecule has 1 saturated heterocycles. The van der Waals surface area contributed by atoms with E-state index in [1.807, 2.05) is 37.3 Å². The number of aromatic nitrogens is 1. The maximum Gasteiger partial charge on any atom is 0.220 e. The average Bonchev–Trinajstić information content (AvgIpc) is 3.26. The summed E-state index contributed by atoms with van der Waals surface area (Å²) in [4.78, 5) is 6.78. The van der Waals surface area contributed by atoms with Crippen LogP contribution in [0.1, 0.15) is 19.0 Å². The van der Waals surface area contributed by atoms with Crippen LogP contribution in [0.15, 0.2) is 52.2 Å². The van der Waals surface area contributed by atoms with Crippen molar-refractivity contribution in [1.82, 2.24) is 19.7 Å². The normalized spacial score (nSPS) is 15.9. The summed E-state index contributed by atoms with van der Waals surface area (Å²) in [5.74, 6) is 1.53. The fraction of sp³-hybridized carbons (Fsp3) is 0.500. The average molecular weight is 436 g/mol.